The van der Waals surface area contributed by atoms with Crippen LogP contribution in [0.2, 0.25) is 0 Å². The zero-order valence-corrected chi connectivity index (χ0v) is 8.75. The Hall–Kier alpha value is -1.53. The Morgan fingerprint density at radius 2 is 2.00 bits per heavy atom. The molecule has 0 saturated carbocycles. The van der Waals surface area contributed by atoms with Crippen LogP contribution >= 0.6 is 0 Å². The summed E-state index contributed by atoms with van der Waals surface area (Å²) in [4.78, 5) is 2.28. The van der Waals surface area contributed by atoms with Crippen molar-refractivity contribution >= 4 is 10.9 Å². The van der Waals surface area contributed by atoms with Crippen LogP contribution in [0, 0.1) is 0 Å². The molecule has 2 rings (SSSR count). The van der Waals surface area contributed by atoms with Crippen LogP contribution in [0.15, 0.2) is 24.3 Å². The van der Waals surface area contributed by atoms with Crippen molar-refractivity contribution in [2.24, 2.45) is 5.73 Å². The fourth-order valence-corrected chi connectivity index (χ4v) is 1.65. The maximum absolute atomic E-state index is 12.5. The molecule has 1 atom stereocenters. The highest BCUT2D eigenvalue weighted by Gasteiger charge is 2.32. The molecule has 1 aromatic carbocycles. The number of aromatic amines is 1. The van der Waals surface area contributed by atoms with Crippen LogP contribution in [0.1, 0.15) is 17.4 Å². The molecule has 0 aliphatic carbocycles. The Labute approximate surface area is 95.0 Å². The van der Waals surface area contributed by atoms with Gasteiger partial charge in [-0.05, 0) is 23.8 Å². The predicted octanol–water partition coefficient (Wildman–Crippen LogP) is 2.18. The molecule has 0 radical (unpaired) electrons. The van der Waals surface area contributed by atoms with E-state index in [4.69, 9.17) is 5.73 Å². The van der Waals surface area contributed by atoms with Crippen molar-refractivity contribution in [2.75, 3.05) is 6.54 Å². The van der Waals surface area contributed by atoms with Crippen molar-refractivity contribution in [3.05, 3.63) is 35.5 Å². The van der Waals surface area contributed by atoms with Gasteiger partial charge in [-0.15, -0.1) is 0 Å². The average Bonchev–Trinajstić information content (AvgIpc) is 2.70. The lowest BCUT2D eigenvalue weighted by atomic mass is 10.1. The van der Waals surface area contributed by atoms with E-state index in [2.05, 4.69) is 4.98 Å². The highest BCUT2D eigenvalue weighted by Crippen LogP contribution is 2.31. The molecule has 0 fully saturated rings. The molecule has 1 aromatic heterocycles. The van der Waals surface area contributed by atoms with Gasteiger partial charge >= 0.3 is 6.18 Å². The van der Waals surface area contributed by atoms with Crippen LogP contribution in [-0.2, 0) is 6.18 Å². The zero-order valence-electron chi connectivity index (χ0n) is 8.75. The number of nitrogens with two attached hydrogens (primary N) is 1. The van der Waals surface area contributed by atoms with Crippen molar-refractivity contribution in [3.63, 3.8) is 0 Å². The summed E-state index contributed by atoms with van der Waals surface area (Å²) < 4.78 is 37.4. The summed E-state index contributed by atoms with van der Waals surface area (Å²) in [6.45, 7) is 0.0298. The number of hydrogen-bond donors (Lipinski definition) is 3. The Morgan fingerprint density at radius 3 is 2.59 bits per heavy atom. The predicted molar refractivity (Wildman–Crippen MR) is 57.3 cm³/mol. The molecule has 0 aliphatic heterocycles. The molecule has 0 aliphatic rings. The first-order valence-corrected chi connectivity index (χ1v) is 5.00. The van der Waals surface area contributed by atoms with E-state index in [1.165, 1.54) is 12.1 Å². The number of aliphatic hydroxyl groups excluding tert-OH is 1. The van der Waals surface area contributed by atoms with Crippen LogP contribution in [0.4, 0.5) is 13.2 Å². The average molecular weight is 244 g/mol. The SMILES string of the molecule is NCC(O)c1ccc2[nH]c(C(F)(F)F)cc2c1. The van der Waals surface area contributed by atoms with E-state index in [9.17, 15) is 18.3 Å². The number of rotatable bonds is 2. The summed E-state index contributed by atoms with van der Waals surface area (Å²) >= 11 is 0. The number of aliphatic hydroxyl groups is 1. The first-order chi connectivity index (χ1) is 7.91. The van der Waals surface area contributed by atoms with E-state index in [1.54, 1.807) is 6.07 Å². The Balaban J connectivity index is 2.48. The van der Waals surface area contributed by atoms with Gasteiger partial charge in [-0.25, -0.2) is 0 Å². The monoisotopic (exact) mass is 244 g/mol. The van der Waals surface area contributed by atoms with Crippen molar-refractivity contribution < 1.29 is 18.3 Å². The zero-order chi connectivity index (χ0) is 12.6. The fourth-order valence-electron chi connectivity index (χ4n) is 1.65. The molecule has 6 heteroatoms. The van der Waals surface area contributed by atoms with E-state index in [0.717, 1.165) is 6.07 Å². The third-order valence-electron chi connectivity index (χ3n) is 2.56. The quantitative estimate of drug-likeness (QED) is 0.758. The molecule has 0 spiro atoms. The molecule has 3 nitrogen and oxygen atoms in total. The normalized spacial score (nSPS) is 14.2. The molecule has 4 N–H and O–H groups in total. The van der Waals surface area contributed by atoms with Crippen molar-refractivity contribution in [2.45, 2.75) is 12.3 Å². The Morgan fingerprint density at radius 1 is 1.29 bits per heavy atom. The third-order valence-corrected chi connectivity index (χ3v) is 2.56. The lowest BCUT2D eigenvalue weighted by Crippen LogP contribution is -2.11. The van der Waals surface area contributed by atoms with Gasteiger partial charge in [-0.2, -0.15) is 13.2 Å². The first kappa shape index (κ1) is 11.9. The summed E-state index contributed by atoms with van der Waals surface area (Å²) in [7, 11) is 0. The second kappa shape index (κ2) is 4.05. The molecule has 0 saturated heterocycles. The second-order valence-corrected chi connectivity index (χ2v) is 3.78. The van der Waals surface area contributed by atoms with Gasteiger partial charge in [0.25, 0.3) is 0 Å². The molecular weight excluding hydrogens is 233 g/mol. The minimum atomic E-state index is -4.40. The summed E-state index contributed by atoms with van der Waals surface area (Å²) in [6, 6.07) is 5.57. The minimum Gasteiger partial charge on any atom is -0.387 e. The maximum atomic E-state index is 12.5. The molecule has 1 unspecified atom stereocenters. The number of aromatic nitrogens is 1. The third kappa shape index (κ3) is 2.27. The van der Waals surface area contributed by atoms with Gasteiger partial charge in [0.15, 0.2) is 0 Å². The van der Waals surface area contributed by atoms with E-state index >= 15 is 0 Å². The summed E-state index contributed by atoms with van der Waals surface area (Å²) in [5.41, 5.74) is 5.37. The van der Waals surface area contributed by atoms with Gasteiger partial charge in [0.05, 0.1) is 6.10 Å². The summed E-state index contributed by atoms with van der Waals surface area (Å²) in [5, 5.41) is 9.90. The highest BCUT2D eigenvalue weighted by atomic mass is 19.4. The van der Waals surface area contributed by atoms with Crippen LogP contribution in [0.5, 0.6) is 0 Å². The van der Waals surface area contributed by atoms with Crippen molar-refractivity contribution in [1.29, 1.82) is 0 Å². The smallest absolute Gasteiger partial charge is 0.387 e. The van der Waals surface area contributed by atoms with Crippen LogP contribution < -0.4 is 5.73 Å². The van der Waals surface area contributed by atoms with Crippen LogP contribution in [0.25, 0.3) is 10.9 Å². The van der Waals surface area contributed by atoms with E-state index in [0.29, 0.717) is 16.5 Å². The second-order valence-electron chi connectivity index (χ2n) is 3.78. The molecule has 0 bridgehead atoms. The largest absolute Gasteiger partial charge is 0.431 e. The van der Waals surface area contributed by atoms with Gasteiger partial charge in [-0.3, -0.25) is 0 Å². The topological polar surface area (TPSA) is 62.0 Å². The number of halogens is 3. The number of alkyl halides is 3. The van der Waals surface area contributed by atoms with Crippen molar-refractivity contribution in [3.8, 4) is 0 Å². The van der Waals surface area contributed by atoms with Gasteiger partial charge < -0.3 is 15.8 Å². The highest BCUT2D eigenvalue weighted by molar-refractivity contribution is 5.81. The molecule has 17 heavy (non-hydrogen) atoms. The Kier molecular flexibility index (Phi) is 2.84. The summed E-state index contributed by atoms with van der Waals surface area (Å²) in [6.07, 6.45) is -5.25. The van der Waals surface area contributed by atoms with Crippen molar-refractivity contribution in [1.82, 2.24) is 4.98 Å². The number of benzene rings is 1. The van der Waals surface area contributed by atoms with Gasteiger partial charge in [0.2, 0.25) is 0 Å². The van der Waals surface area contributed by atoms with E-state index < -0.39 is 18.0 Å². The lowest BCUT2D eigenvalue weighted by Gasteiger charge is -2.07. The van der Waals surface area contributed by atoms with E-state index in [-0.39, 0.29) is 6.54 Å². The number of hydrogen-bond acceptors (Lipinski definition) is 2. The number of fused-ring (bicyclic) bond motifs is 1. The molecular formula is C11H11F3N2O. The lowest BCUT2D eigenvalue weighted by molar-refractivity contribution is -0.140. The number of H-pyrrole nitrogens is 1. The minimum absolute atomic E-state index is 0.0298. The molecule has 0 amide bonds. The maximum Gasteiger partial charge on any atom is 0.431 e. The van der Waals surface area contributed by atoms with Gasteiger partial charge in [0.1, 0.15) is 5.69 Å². The first-order valence-electron chi connectivity index (χ1n) is 5.00. The number of nitrogens with one attached hydrogen (secondary N) is 1. The standard InChI is InChI=1S/C11H11F3N2O/c12-11(13,14)10-4-7-3-6(9(17)5-15)1-2-8(7)16-10/h1-4,9,16-17H,5,15H2. The Bertz CT molecular complexity index is 533. The van der Waals surface area contributed by atoms with Gasteiger partial charge in [0, 0.05) is 17.4 Å². The molecule has 92 valence electrons. The van der Waals surface area contributed by atoms with Crippen LogP contribution in [0.3, 0.4) is 0 Å². The fraction of sp³-hybridized carbons (Fsp3) is 0.273. The van der Waals surface area contributed by atoms with E-state index in [1.807, 2.05) is 0 Å². The van der Waals surface area contributed by atoms with Crippen LogP contribution in [-0.4, -0.2) is 16.6 Å². The summed E-state index contributed by atoms with van der Waals surface area (Å²) in [5.74, 6) is 0. The molecule has 2 aromatic rings. The molecule has 1 heterocycles. The van der Waals surface area contributed by atoms with Gasteiger partial charge in [-0.1, -0.05) is 6.07 Å².